The topological polar surface area (TPSA) is 77.2 Å². The van der Waals surface area contributed by atoms with Gasteiger partial charge in [0.25, 0.3) is 5.22 Å². The molecule has 0 unspecified atom stereocenters. The van der Waals surface area contributed by atoms with E-state index < -0.39 is 0 Å². The number of amides is 1. The minimum atomic E-state index is -0.0573. The fraction of sp³-hybridized carbons (Fsp3) is 0.318. The molecule has 6 nitrogen and oxygen atoms in total. The lowest BCUT2D eigenvalue weighted by molar-refractivity contribution is -0.119. The van der Waals surface area contributed by atoms with Crippen LogP contribution in [0, 0.1) is 0 Å². The van der Waals surface area contributed by atoms with Crippen LogP contribution in [0.25, 0.3) is 11.5 Å². The zero-order valence-corrected chi connectivity index (χ0v) is 17.4. The summed E-state index contributed by atoms with van der Waals surface area (Å²) in [7, 11) is 0. The van der Waals surface area contributed by atoms with Crippen LogP contribution in [0.15, 0.2) is 64.2 Å². The fourth-order valence-electron chi connectivity index (χ4n) is 2.90. The Bertz CT molecular complexity index is 897. The summed E-state index contributed by atoms with van der Waals surface area (Å²) >= 11 is 1.23. The lowest BCUT2D eigenvalue weighted by Crippen LogP contribution is -2.29. The van der Waals surface area contributed by atoms with Gasteiger partial charge in [0.1, 0.15) is 5.75 Å². The van der Waals surface area contributed by atoms with Crippen molar-refractivity contribution < 1.29 is 13.9 Å². The van der Waals surface area contributed by atoms with E-state index in [1.54, 1.807) is 0 Å². The molecule has 29 heavy (non-hydrogen) atoms. The Morgan fingerprint density at radius 2 is 1.86 bits per heavy atom. The van der Waals surface area contributed by atoms with Gasteiger partial charge in [0, 0.05) is 5.56 Å². The van der Waals surface area contributed by atoms with Crippen LogP contribution in [0.3, 0.4) is 0 Å². The highest BCUT2D eigenvalue weighted by Crippen LogP contribution is 2.25. The molecule has 1 heterocycles. The number of thioether (sulfide) groups is 1. The summed E-state index contributed by atoms with van der Waals surface area (Å²) in [4.78, 5) is 12.4. The van der Waals surface area contributed by atoms with E-state index in [1.807, 2.05) is 61.5 Å². The predicted octanol–water partition coefficient (Wildman–Crippen LogP) is 4.89. The molecule has 7 heteroatoms. The number of carbonyl (C=O) groups is 1. The highest BCUT2D eigenvalue weighted by Gasteiger charge is 2.16. The van der Waals surface area contributed by atoms with Crippen molar-refractivity contribution in [3.8, 4) is 17.2 Å². The second-order valence-electron chi connectivity index (χ2n) is 6.44. The first-order valence-corrected chi connectivity index (χ1v) is 10.7. The van der Waals surface area contributed by atoms with Gasteiger partial charge in [0.2, 0.25) is 11.8 Å². The molecule has 152 valence electrons. The molecule has 0 aliphatic carbocycles. The standard InChI is InChI=1S/C22H25N3O3S/c1-3-8-19(16-9-6-5-7-10-16)23-20(26)15-29-22-25-24-21(28-22)17-11-13-18(14-12-17)27-4-2/h5-7,9-14,19H,3-4,8,15H2,1-2H3,(H,23,26)/t19-/m0/s1. The largest absolute Gasteiger partial charge is 0.494 e. The van der Waals surface area contributed by atoms with Gasteiger partial charge in [-0.05, 0) is 43.2 Å². The Balaban J connectivity index is 1.55. The second kappa shape index (κ2) is 10.7. The zero-order valence-electron chi connectivity index (χ0n) is 16.6. The number of hydrogen-bond acceptors (Lipinski definition) is 6. The number of benzene rings is 2. The molecule has 0 saturated carbocycles. The fourth-order valence-corrected chi connectivity index (χ4v) is 3.48. The number of rotatable bonds is 10. The minimum Gasteiger partial charge on any atom is -0.494 e. The average molecular weight is 412 g/mol. The maximum Gasteiger partial charge on any atom is 0.277 e. The number of nitrogens with one attached hydrogen (secondary N) is 1. The SMILES string of the molecule is CCC[C@H](NC(=O)CSc1nnc(-c2ccc(OCC)cc2)o1)c1ccccc1. The van der Waals surface area contributed by atoms with Crippen molar-refractivity contribution in [3.05, 3.63) is 60.2 Å². The van der Waals surface area contributed by atoms with E-state index in [-0.39, 0.29) is 17.7 Å². The molecular formula is C22H25N3O3S. The van der Waals surface area contributed by atoms with Crippen molar-refractivity contribution in [2.75, 3.05) is 12.4 Å². The van der Waals surface area contributed by atoms with Gasteiger partial charge in [0.05, 0.1) is 18.4 Å². The molecular weight excluding hydrogens is 386 g/mol. The molecule has 0 radical (unpaired) electrons. The number of carbonyl (C=O) groups excluding carboxylic acids is 1. The summed E-state index contributed by atoms with van der Waals surface area (Å²) in [6.07, 6.45) is 1.88. The molecule has 1 atom stereocenters. The summed E-state index contributed by atoms with van der Waals surface area (Å²) in [5.41, 5.74) is 1.92. The number of nitrogens with zero attached hydrogens (tertiary/aromatic N) is 2. The molecule has 0 aliphatic rings. The summed E-state index contributed by atoms with van der Waals surface area (Å²) in [6.45, 7) is 4.67. The van der Waals surface area contributed by atoms with Crippen LogP contribution in [0.4, 0.5) is 0 Å². The highest BCUT2D eigenvalue weighted by molar-refractivity contribution is 7.99. The lowest BCUT2D eigenvalue weighted by Gasteiger charge is -2.18. The van der Waals surface area contributed by atoms with Crippen LogP contribution >= 0.6 is 11.8 Å². The Morgan fingerprint density at radius 1 is 1.10 bits per heavy atom. The van der Waals surface area contributed by atoms with E-state index in [2.05, 4.69) is 22.4 Å². The van der Waals surface area contributed by atoms with Crippen molar-refractivity contribution in [2.24, 2.45) is 0 Å². The number of aromatic nitrogens is 2. The quantitative estimate of drug-likeness (QED) is 0.479. The van der Waals surface area contributed by atoms with Gasteiger partial charge in [-0.15, -0.1) is 10.2 Å². The molecule has 1 amide bonds. The highest BCUT2D eigenvalue weighted by atomic mass is 32.2. The van der Waals surface area contributed by atoms with Gasteiger partial charge >= 0.3 is 0 Å². The number of hydrogen-bond donors (Lipinski definition) is 1. The molecule has 0 bridgehead atoms. The molecule has 0 spiro atoms. The molecule has 0 aliphatic heterocycles. The van der Waals surface area contributed by atoms with Gasteiger partial charge < -0.3 is 14.5 Å². The van der Waals surface area contributed by atoms with Crippen LogP contribution in [-0.2, 0) is 4.79 Å². The Morgan fingerprint density at radius 3 is 2.55 bits per heavy atom. The van der Waals surface area contributed by atoms with Crippen molar-refractivity contribution in [2.45, 2.75) is 38.0 Å². The summed E-state index contributed by atoms with van der Waals surface area (Å²) in [6, 6.07) is 17.5. The van der Waals surface area contributed by atoms with Crippen LogP contribution < -0.4 is 10.1 Å². The first-order valence-electron chi connectivity index (χ1n) is 9.73. The zero-order chi connectivity index (χ0) is 20.5. The molecule has 2 aromatic carbocycles. The van der Waals surface area contributed by atoms with Crippen LogP contribution in [-0.4, -0.2) is 28.5 Å². The van der Waals surface area contributed by atoms with Gasteiger partial charge in [-0.1, -0.05) is 55.4 Å². The van der Waals surface area contributed by atoms with Crippen molar-refractivity contribution in [1.82, 2.24) is 15.5 Å². The Labute approximate surface area is 175 Å². The van der Waals surface area contributed by atoms with Gasteiger partial charge in [0.15, 0.2) is 0 Å². The van der Waals surface area contributed by atoms with Gasteiger partial charge in [-0.3, -0.25) is 4.79 Å². The molecule has 3 aromatic rings. The normalized spacial score (nSPS) is 11.8. The average Bonchev–Trinajstić information content (AvgIpc) is 3.22. The maximum atomic E-state index is 12.4. The smallest absolute Gasteiger partial charge is 0.277 e. The second-order valence-corrected chi connectivity index (χ2v) is 7.37. The van der Waals surface area contributed by atoms with E-state index in [1.165, 1.54) is 11.8 Å². The van der Waals surface area contributed by atoms with E-state index in [0.717, 1.165) is 29.7 Å². The minimum absolute atomic E-state index is 0.0106. The molecule has 3 rings (SSSR count). The van der Waals surface area contributed by atoms with Crippen LogP contribution in [0.5, 0.6) is 5.75 Å². The molecule has 0 fully saturated rings. The molecule has 0 saturated heterocycles. The first-order chi connectivity index (χ1) is 14.2. The third-order valence-electron chi connectivity index (χ3n) is 4.26. The first kappa shape index (κ1) is 20.9. The van der Waals surface area contributed by atoms with E-state index in [4.69, 9.17) is 9.15 Å². The van der Waals surface area contributed by atoms with Gasteiger partial charge in [-0.2, -0.15) is 0 Å². The number of ether oxygens (including phenoxy) is 1. The van der Waals surface area contributed by atoms with Crippen molar-refractivity contribution in [1.29, 1.82) is 0 Å². The third-order valence-corrected chi connectivity index (χ3v) is 5.08. The van der Waals surface area contributed by atoms with Gasteiger partial charge in [-0.25, -0.2) is 0 Å². The predicted molar refractivity (Wildman–Crippen MR) is 114 cm³/mol. The van der Waals surface area contributed by atoms with E-state index in [0.29, 0.717) is 17.7 Å². The monoisotopic (exact) mass is 411 g/mol. The molecule has 1 aromatic heterocycles. The lowest BCUT2D eigenvalue weighted by atomic mass is 10.0. The van der Waals surface area contributed by atoms with Crippen LogP contribution in [0.2, 0.25) is 0 Å². The third kappa shape index (κ3) is 6.09. The van der Waals surface area contributed by atoms with Crippen LogP contribution in [0.1, 0.15) is 38.3 Å². The Hall–Kier alpha value is -2.80. The van der Waals surface area contributed by atoms with Crippen molar-refractivity contribution in [3.63, 3.8) is 0 Å². The summed E-state index contributed by atoms with van der Waals surface area (Å²) in [5, 5.41) is 11.6. The van der Waals surface area contributed by atoms with E-state index in [9.17, 15) is 4.79 Å². The summed E-state index contributed by atoms with van der Waals surface area (Å²) < 4.78 is 11.1. The van der Waals surface area contributed by atoms with E-state index >= 15 is 0 Å². The maximum absolute atomic E-state index is 12.4. The molecule has 1 N–H and O–H groups in total. The Kier molecular flexibility index (Phi) is 7.69. The van der Waals surface area contributed by atoms with Crippen molar-refractivity contribution >= 4 is 17.7 Å². The summed E-state index contributed by atoms with van der Waals surface area (Å²) in [5.74, 6) is 1.38.